The zero-order chi connectivity index (χ0) is 8.15. The lowest BCUT2D eigenvalue weighted by atomic mass is 10.4. The van der Waals surface area contributed by atoms with Gasteiger partial charge in [0.25, 0.3) is 0 Å². The lowest BCUT2D eigenvalue weighted by Crippen LogP contribution is -2.22. The maximum absolute atomic E-state index is 10.3. The SMILES string of the molecule is C[C@@H](O)C(=O)OCC(=O)O. The van der Waals surface area contributed by atoms with Crippen LogP contribution in [0.2, 0.25) is 0 Å². The van der Waals surface area contributed by atoms with E-state index in [9.17, 15) is 9.59 Å². The molecule has 2 N–H and O–H groups in total. The van der Waals surface area contributed by atoms with E-state index in [0.717, 1.165) is 0 Å². The van der Waals surface area contributed by atoms with Gasteiger partial charge in [0, 0.05) is 0 Å². The van der Waals surface area contributed by atoms with Crippen LogP contribution in [0.15, 0.2) is 0 Å². The molecule has 0 aromatic rings. The van der Waals surface area contributed by atoms with Gasteiger partial charge in [-0.15, -0.1) is 0 Å². The molecule has 0 heterocycles. The second kappa shape index (κ2) is 3.84. The number of hydrogen-bond donors (Lipinski definition) is 2. The monoisotopic (exact) mass is 148 g/mol. The molecule has 5 heteroatoms. The zero-order valence-electron chi connectivity index (χ0n) is 5.40. The molecule has 0 saturated heterocycles. The molecule has 0 unspecified atom stereocenters. The summed E-state index contributed by atoms with van der Waals surface area (Å²) in [5.74, 6) is -2.17. The number of carboxylic acid groups (broad SMARTS) is 1. The molecule has 0 amide bonds. The van der Waals surface area contributed by atoms with E-state index in [2.05, 4.69) is 4.74 Å². The van der Waals surface area contributed by atoms with Crippen LogP contribution >= 0.6 is 0 Å². The van der Waals surface area contributed by atoms with Crippen molar-refractivity contribution >= 4 is 11.9 Å². The molecule has 0 saturated carbocycles. The molecule has 5 nitrogen and oxygen atoms in total. The van der Waals surface area contributed by atoms with Crippen LogP contribution in [-0.4, -0.2) is 34.9 Å². The average Bonchev–Trinajstić information content (AvgIpc) is 1.82. The molecule has 0 aromatic carbocycles. The van der Waals surface area contributed by atoms with Crippen molar-refractivity contribution in [2.75, 3.05) is 6.61 Å². The third kappa shape index (κ3) is 3.85. The number of esters is 1. The second-order valence-electron chi connectivity index (χ2n) is 1.68. The normalized spacial score (nSPS) is 12.2. The number of carbonyl (C=O) groups excluding carboxylic acids is 1. The number of carboxylic acids is 1. The fourth-order valence-electron chi connectivity index (χ4n) is 0.253. The van der Waals surface area contributed by atoms with E-state index in [1.165, 1.54) is 6.92 Å². The highest BCUT2D eigenvalue weighted by atomic mass is 16.6. The molecule has 0 spiro atoms. The summed E-state index contributed by atoms with van der Waals surface area (Å²) in [6, 6.07) is 0. The molecular weight excluding hydrogens is 140 g/mol. The molecular formula is C5H8O5. The minimum atomic E-state index is -1.26. The molecule has 0 aliphatic rings. The molecule has 0 aliphatic heterocycles. The van der Waals surface area contributed by atoms with Crippen LogP contribution in [0.25, 0.3) is 0 Å². The molecule has 0 fully saturated rings. The number of rotatable bonds is 3. The highest BCUT2D eigenvalue weighted by Gasteiger charge is 2.10. The van der Waals surface area contributed by atoms with Crippen LogP contribution in [0.5, 0.6) is 0 Å². The first kappa shape index (κ1) is 8.90. The topological polar surface area (TPSA) is 83.8 Å². The van der Waals surface area contributed by atoms with Crippen LogP contribution in [0.3, 0.4) is 0 Å². The molecule has 0 aromatic heterocycles. The maximum Gasteiger partial charge on any atom is 0.341 e. The number of carbonyl (C=O) groups is 2. The smallest absolute Gasteiger partial charge is 0.341 e. The summed E-state index contributed by atoms with van der Waals surface area (Å²) in [7, 11) is 0. The molecule has 1 atom stereocenters. The summed E-state index contributed by atoms with van der Waals surface area (Å²) < 4.78 is 4.08. The Labute approximate surface area is 57.2 Å². The van der Waals surface area contributed by atoms with Gasteiger partial charge in [0.15, 0.2) is 6.61 Å². The van der Waals surface area contributed by atoms with Gasteiger partial charge in [-0.25, -0.2) is 9.59 Å². The summed E-state index contributed by atoms with van der Waals surface area (Å²) in [5, 5.41) is 16.5. The van der Waals surface area contributed by atoms with Crippen LogP contribution in [0.4, 0.5) is 0 Å². The lowest BCUT2D eigenvalue weighted by molar-refractivity contribution is -0.160. The summed E-state index contributed by atoms with van der Waals surface area (Å²) in [5.41, 5.74) is 0. The first-order chi connectivity index (χ1) is 4.54. The Morgan fingerprint density at radius 1 is 1.60 bits per heavy atom. The van der Waals surface area contributed by atoms with Gasteiger partial charge in [-0.3, -0.25) is 0 Å². The van der Waals surface area contributed by atoms with Crippen LogP contribution in [0, 0.1) is 0 Å². The zero-order valence-corrected chi connectivity index (χ0v) is 5.40. The quantitative estimate of drug-likeness (QED) is 0.501. The van der Waals surface area contributed by atoms with E-state index in [1.54, 1.807) is 0 Å². The number of hydrogen-bond acceptors (Lipinski definition) is 4. The number of aliphatic hydroxyl groups excluding tert-OH is 1. The van der Waals surface area contributed by atoms with Crippen LogP contribution < -0.4 is 0 Å². The van der Waals surface area contributed by atoms with Crippen molar-refractivity contribution in [1.82, 2.24) is 0 Å². The lowest BCUT2D eigenvalue weighted by Gasteiger charge is -2.01. The van der Waals surface area contributed by atoms with Crippen LogP contribution in [0.1, 0.15) is 6.92 Å². The van der Waals surface area contributed by atoms with E-state index < -0.39 is 24.6 Å². The van der Waals surface area contributed by atoms with Gasteiger partial charge in [-0.05, 0) is 6.92 Å². The number of ether oxygens (including phenoxy) is 1. The minimum Gasteiger partial charge on any atom is -0.479 e. The molecule has 58 valence electrons. The molecule has 0 aliphatic carbocycles. The first-order valence-corrected chi connectivity index (χ1v) is 2.60. The number of aliphatic hydroxyl groups is 1. The van der Waals surface area contributed by atoms with E-state index >= 15 is 0 Å². The van der Waals surface area contributed by atoms with Crippen LogP contribution in [-0.2, 0) is 14.3 Å². The summed E-state index contributed by atoms with van der Waals surface area (Å²) >= 11 is 0. The Bertz CT molecular complexity index is 139. The van der Waals surface area contributed by atoms with Gasteiger partial charge in [0.2, 0.25) is 0 Å². The summed E-state index contributed by atoms with van der Waals surface area (Å²) in [4.78, 5) is 20.1. The Morgan fingerprint density at radius 2 is 2.10 bits per heavy atom. The Morgan fingerprint density at radius 3 is 2.40 bits per heavy atom. The molecule has 10 heavy (non-hydrogen) atoms. The standard InChI is InChI=1S/C5H8O5/c1-3(6)5(9)10-2-4(7)8/h3,6H,2H2,1H3,(H,7,8)/t3-/m1/s1. The van der Waals surface area contributed by atoms with Gasteiger partial charge in [0.1, 0.15) is 6.10 Å². The predicted octanol–water partition coefficient (Wildman–Crippen LogP) is -1.01. The third-order valence-corrected chi connectivity index (χ3v) is 0.679. The van der Waals surface area contributed by atoms with E-state index in [4.69, 9.17) is 10.2 Å². The van der Waals surface area contributed by atoms with Crippen molar-refractivity contribution in [2.24, 2.45) is 0 Å². The van der Waals surface area contributed by atoms with Crippen molar-refractivity contribution < 1.29 is 24.5 Å². The predicted molar refractivity (Wildman–Crippen MR) is 30.3 cm³/mol. The van der Waals surface area contributed by atoms with Crippen molar-refractivity contribution in [1.29, 1.82) is 0 Å². The Hall–Kier alpha value is -1.10. The van der Waals surface area contributed by atoms with Gasteiger partial charge in [-0.2, -0.15) is 0 Å². The van der Waals surface area contributed by atoms with Crippen molar-refractivity contribution in [3.05, 3.63) is 0 Å². The van der Waals surface area contributed by atoms with Gasteiger partial charge in [0.05, 0.1) is 0 Å². The fourth-order valence-corrected chi connectivity index (χ4v) is 0.253. The van der Waals surface area contributed by atoms with E-state index in [1.807, 2.05) is 0 Å². The van der Waals surface area contributed by atoms with Gasteiger partial charge >= 0.3 is 11.9 Å². The average molecular weight is 148 g/mol. The third-order valence-electron chi connectivity index (χ3n) is 0.679. The number of aliphatic carboxylic acids is 1. The highest BCUT2D eigenvalue weighted by Crippen LogP contribution is 1.85. The fraction of sp³-hybridized carbons (Fsp3) is 0.600. The first-order valence-electron chi connectivity index (χ1n) is 2.60. The van der Waals surface area contributed by atoms with E-state index in [-0.39, 0.29) is 0 Å². The van der Waals surface area contributed by atoms with E-state index in [0.29, 0.717) is 0 Å². The molecule has 0 rings (SSSR count). The molecule has 0 bridgehead atoms. The van der Waals surface area contributed by atoms with Gasteiger partial charge in [-0.1, -0.05) is 0 Å². The maximum atomic E-state index is 10.3. The van der Waals surface area contributed by atoms with Crippen molar-refractivity contribution in [3.63, 3.8) is 0 Å². The van der Waals surface area contributed by atoms with Crippen molar-refractivity contribution in [3.8, 4) is 0 Å². The van der Waals surface area contributed by atoms with Crippen molar-refractivity contribution in [2.45, 2.75) is 13.0 Å². The van der Waals surface area contributed by atoms with Gasteiger partial charge < -0.3 is 14.9 Å². The summed E-state index contributed by atoms with van der Waals surface area (Å²) in [6.45, 7) is 0.494. The summed E-state index contributed by atoms with van der Waals surface area (Å²) in [6.07, 6.45) is -1.26. The molecule has 0 radical (unpaired) electrons. The second-order valence-corrected chi connectivity index (χ2v) is 1.68. The largest absolute Gasteiger partial charge is 0.479 e. The minimum absolute atomic E-state index is 0.705. The highest BCUT2D eigenvalue weighted by molar-refractivity contribution is 5.77. The Balaban J connectivity index is 3.50. The Kier molecular flexibility index (Phi) is 3.42.